The fourth-order valence-electron chi connectivity index (χ4n) is 2.46. The normalized spacial score (nSPS) is 12.4. The van der Waals surface area contributed by atoms with Crippen LogP contribution in [0.4, 0.5) is 4.79 Å². The lowest BCUT2D eigenvalue weighted by Gasteiger charge is -2.28. The first-order valence-electron chi connectivity index (χ1n) is 8.20. The summed E-state index contributed by atoms with van der Waals surface area (Å²) in [5.41, 5.74) is 1.18. The smallest absolute Gasteiger partial charge is 0.408 e. The Labute approximate surface area is 143 Å². The van der Waals surface area contributed by atoms with E-state index in [9.17, 15) is 4.79 Å². The Hall–Kier alpha value is -2.08. The van der Waals surface area contributed by atoms with Gasteiger partial charge in [-0.3, -0.25) is 0 Å². The average molecular weight is 332 g/mol. The molecule has 0 aliphatic carbocycles. The number of imidazole rings is 1. The fourth-order valence-corrected chi connectivity index (χ4v) is 2.46. The first kappa shape index (κ1) is 18.3. The van der Waals surface area contributed by atoms with Gasteiger partial charge in [0.05, 0.1) is 23.1 Å². The molecule has 24 heavy (non-hydrogen) atoms. The number of alkyl carbamates (subject to hydrolysis) is 1. The highest BCUT2D eigenvalue weighted by molar-refractivity contribution is 5.75. The maximum Gasteiger partial charge on any atom is 0.408 e. The number of aryl methyl sites for hydroxylation is 1. The third-order valence-corrected chi connectivity index (χ3v) is 3.57. The number of carbonyl (C=O) groups excluding carboxylic acids is 1. The summed E-state index contributed by atoms with van der Waals surface area (Å²) in [6.07, 6.45) is -0.406. The molecule has 0 bridgehead atoms. The highest BCUT2D eigenvalue weighted by atomic mass is 16.6. The predicted molar refractivity (Wildman–Crippen MR) is 95.9 cm³/mol. The molecule has 6 nitrogen and oxygen atoms in total. The van der Waals surface area contributed by atoms with E-state index >= 15 is 0 Å². The van der Waals surface area contributed by atoms with Crippen LogP contribution in [0.1, 0.15) is 40.4 Å². The lowest BCUT2D eigenvalue weighted by Crippen LogP contribution is -2.51. The van der Waals surface area contributed by atoms with Crippen LogP contribution < -0.4 is 10.6 Å². The standard InChI is InChI=1S/C18H28N4O2/c1-17(2,3)24-16(23)21-18(4,5)12-19-11-15-20-13-9-7-8-10-14(13)22(15)6/h7-10,19H,11-12H2,1-6H3,(H,21,23). The second-order valence-electron chi connectivity index (χ2n) is 7.69. The van der Waals surface area contributed by atoms with Gasteiger partial charge in [0, 0.05) is 13.6 Å². The fraction of sp³-hybridized carbons (Fsp3) is 0.556. The minimum Gasteiger partial charge on any atom is -0.444 e. The molecule has 1 aromatic carbocycles. The van der Waals surface area contributed by atoms with Crippen LogP contribution in [-0.4, -0.2) is 33.3 Å². The van der Waals surface area contributed by atoms with Crippen LogP contribution in [0.5, 0.6) is 0 Å². The lowest BCUT2D eigenvalue weighted by molar-refractivity contribution is 0.0472. The minimum absolute atomic E-state index is 0.406. The molecular formula is C18H28N4O2. The summed E-state index contributed by atoms with van der Waals surface area (Å²) in [6, 6.07) is 8.06. The predicted octanol–water partition coefficient (Wildman–Crippen LogP) is 2.97. The molecule has 6 heteroatoms. The van der Waals surface area contributed by atoms with Crippen molar-refractivity contribution in [2.45, 2.75) is 52.3 Å². The molecule has 1 amide bonds. The second kappa shape index (κ2) is 6.81. The van der Waals surface area contributed by atoms with Crippen molar-refractivity contribution in [3.8, 4) is 0 Å². The number of benzene rings is 1. The first-order chi connectivity index (χ1) is 11.1. The zero-order chi connectivity index (χ0) is 18.0. The van der Waals surface area contributed by atoms with Gasteiger partial charge in [0.25, 0.3) is 0 Å². The van der Waals surface area contributed by atoms with E-state index in [-0.39, 0.29) is 0 Å². The van der Waals surface area contributed by atoms with Crippen LogP contribution in [0.15, 0.2) is 24.3 Å². The molecule has 2 rings (SSSR count). The molecule has 0 spiro atoms. The van der Waals surface area contributed by atoms with Gasteiger partial charge in [0.1, 0.15) is 11.4 Å². The molecule has 0 fully saturated rings. The average Bonchev–Trinajstić information content (AvgIpc) is 2.73. The number of amides is 1. The van der Waals surface area contributed by atoms with Crippen molar-refractivity contribution in [3.05, 3.63) is 30.1 Å². The monoisotopic (exact) mass is 332 g/mol. The number of ether oxygens (including phenoxy) is 1. The van der Waals surface area contributed by atoms with E-state index in [1.54, 1.807) is 0 Å². The third-order valence-electron chi connectivity index (χ3n) is 3.57. The highest BCUT2D eigenvalue weighted by Gasteiger charge is 2.24. The lowest BCUT2D eigenvalue weighted by atomic mass is 10.1. The van der Waals surface area contributed by atoms with Crippen molar-refractivity contribution in [3.63, 3.8) is 0 Å². The molecule has 0 unspecified atom stereocenters. The quantitative estimate of drug-likeness (QED) is 0.883. The van der Waals surface area contributed by atoms with Gasteiger partial charge in [0.15, 0.2) is 0 Å². The summed E-state index contributed by atoms with van der Waals surface area (Å²) in [5.74, 6) is 0.962. The van der Waals surface area contributed by atoms with Gasteiger partial charge in [-0.15, -0.1) is 0 Å². The molecule has 0 atom stereocenters. The van der Waals surface area contributed by atoms with Crippen molar-refractivity contribution < 1.29 is 9.53 Å². The molecule has 0 aliphatic heterocycles. The third kappa shape index (κ3) is 4.96. The van der Waals surface area contributed by atoms with Gasteiger partial charge in [-0.05, 0) is 46.8 Å². The molecule has 0 radical (unpaired) electrons. The molecule has 1 heterocycles. The van der Waals surface area contributed by atoms with Crippen molar-refractivity contribution >= 4 is 17.1 Å². The van der Waals surface area contributed by atoms with Crippen LogP contribution in [0.3, 0.4) is 0 Å². The molecule has 0 aliphatic rings. The molecule has 1 aromatic heterocycles. The molecule has 0 saturated carbocycles. The van der Waals surface area contributed by atoms with Crippen LogP contribution >= 0.6 is 0 Å². The highest BCUT2D eigenvalue weighted by Crippen LogP contribution is 2.14. The number of nitrogens with zero attached hydrogens (tertiary/aromatic N) is 2. The van der Waals surface area contributed by atoms with Crippen LogP contribution in [0.25, 0.3) is 11.0 Å². The molecule has 2 N–H and O–H groups in total. The summed E-state index contributed by atoms with van der Waals surface area (Å²) >= 11 is 0. The number of carbonyl (C=O) groups is 1. The zero-order valence-electron chi connectivity index (χ0n) is 15.4. The Balaban J connectivity index is 1.90. The second-order valence-corrected chi connectivity index (χ2v) is 7.69. The Morgan fingerprint density at radius 2 is 1.88 bits per heavy atom. The first-order valence-corrected chi connectivity index (χ1v) is 8.20. The number of hydrogen-bond acceptors (Lipinski definition) is 4. The van der Waals surface area contributed by atoms with E-state index in [1.165, 1.54) is 0 Å². The summed E-state index contributed by atoms with van der Waals surface area (Å²) in [4.78, 5) is 16.5. The molecule has 2 aromatic rings. The van der Waals surface area contributed by atoms with Crippen LogP contribution in [0, 0.1) is 0 Å². The summed E-state index contributed by atoms with van der Waals surface area (Å²) < 4.78 is 7.38. The van der Waals surface area contributed by atoms with Gasteiger partial charge in [0.2, 0.25) is 0 Å². The van der Waals surface area contributed by atoms with E-state index < -0.39 is 17.2 Å². The van der Waals surface area contributed by atoms with Crippen molar-refractivity contribution in [1.82, 2.24) is 20.2 Å². The van der Waals surface area contributed by atoms with Gasteiger partial charge < -0.3 is 19.9 Å². The number of aromatic nitrogens is 2. The van der Waals surface area contributed by atoms with Gasteiger partial charge in [-0.1, -0.05) is 12.1 Å². The van der Waals surface area contributed by atoms with E-state index in [0.717, 1.165) is 16.9 Å². The number of nitrogens with one attached hydrogen (secondary N) is 2. The Kier molecular flexibility index (Phi) is 5.18. The molecule has 132 valence electrons. The van der Waals surface area contributed by atoms with Gasteiger partial charge in [-0.2, -0.15) is 0 Å². The number of rotatable bonds is 5. The van der Waals surface area contributed by atoms with E-state index in [4.69, 9.17) is 4.74 Å². The Morgan fingerprint density at radius 1 is 1.21 bits per heavy atom. The number of hydrogen-bond donors (Lipinski definition) is 2. The Bertz CT molecular complexity index is 713. The largest absolute Gasteiger partial charge is 0.444 e. The summed E-state index contributed by atoms with van der Waals surface area (Å²) in [6.45, 7) is 10.7. The summed E-state index contributed by atoms with van der Waals surface area (Å²) in [7, 11) is 2.01. The van der Waals surface area contributed by atoms with Crippen LogP contribution in [0.2, 0.25) is 0 Å². The van der Waals surface area contributed by atoms with Gasteiger partial charge in [-0.25, -0.2) is 9.78 Å². The summed E-state index contributed by atoms with van der Waals surface area (Å²) in [5, 5.41) is 6.25. The van der Waals surface area contributed by atoms with E-state index in [0.29, 0.717) is 13.1 Å². The number of para-hydroxylation sites is 2. The maximum atomic E-state index is 11.9. The van der Waals surface area contributed by atoms with E-state index in [2.05, 4.69) is 26.3 Å². The van der Waals surface area contributed by atoms with Crippen molar-refractivity contribution in [2.75, 3.05) is 6.54 Å². The zero-order valence-corrected chi connectivity index (χ0v) is 15.4. The molecular weight excluding hydrogens is 304 g/mol. The topological polar surface area (TPSA) is 68.2 Å². The maximum absolute atomic E-state index is 11.9. The number of fused-ring (bicyclic) bond motifs is 1. The van der Waals surface area contributed by atoms with Crippen molar-refractivity contribution in [1.29, 1.82) is 0 Å². The van der Waals surface area contributed by atoms with E-state index in [1.807, 2.05) is 59.9 Å². The Morgan fingerprint density at radius 3 is 2.50 bits per heavy atom. The van der Waals surface area contributed by atoms with Gasteiger partial charge >= 0.3 is 6.09 Å². The van der Waals surface area contributed by atoms with Crippen LogP contribution in [-0.2, 0) is 18.3 Å². The SMILES string of the molecule is Cn1c(CNCC(C)(C)NC(=O)OC(C)(C)C)nc2ccccc21. The molecule has 0 saturated heterocycles. The van der Waals surface area contributed by atoms with Crippen molar-refractivity contribution in [2.24, 2.45) is 7.05 Å². The minimum atomic E-state index is -0.499.